The van der Waals surface area contributed by atoms with E-state index in [0.29, 0.717) is 12.4 Å². The Labute approximate surface area is 128 Å². The van der Waals surface area contributed by atoms with Crippen molar-refractivity contribution >= 4 is 17.1 Å². The number of carbonyl (C=O) groups excluding carboxylic acids is 1. The van der Waals surface area contributed by atoms with E-state index in [9.17, 15) is 4.79 Å². The molecule has 1 saturated heterocycles. The molecule has 0 atom stereocenters. The molecule has 3 rings (SSSR count). The molecule has 118 valence electrons. The summed E-state index contributed by atoms with van der Waals surface area (Å²) in [6.07, 6.45) is -0.683. The monoisotopic (exact) mass is 304 g/mol. The fourth-order valence-corrected chi connectivity index (χ4v) is 2.63. The van der Waals surface area contributed by atoms with E-state index in [1.165, 1.54) is 0 Å². The van der Waals surface area contributed by atoms with Gasteiger partial charge in [-0.05, 0) is 13.0 Å². The number of ether oxygens (including phenoxy) is 3. The highest BCUT2D eigenvalue weighted by Crippen LogP contribution is 2.29. The van der Waals surface area contributed by atoms with Crippen molar-refractivity contribution in [3.8, 4) is 5.88 Å². The van der Waals surface area contributed by atoms with E-state index >= 15 is 0 Å². The average Bonchev–Trinajstić information content (AvgIpc) is 2.86. The Bertz CT molecular complexity index is 647. The van der Waals surface area contributed by atoms with Gasteiger partial charge in [0.25, 0.3) is 0 Å². The first-order chi connectivity index (χ1) is 10.8. The minimum atomic E-state index is -0.683. The van der Waals surface area contributed by atoms with Crippen molar-refractivity contribution < 1.29 is 19.0 Å². The molecule has 0 aliphatic carbocycles. The molecule has 6 nitrogen and oxygen atoms in total. The van der Waals surface area contributed by atoms with Gasteiger partial charge in [0.15, 0.2) is 0 Å². The summed E-state index contributed by atoms with van der Waals surface area (Å²) < 4.78 is 15.6. The van der Waals surface area contributed by atoms with Crippen LogP contribution in [-0.2, 0) is 16.0 Å². The van der Waals surface area contributed by atoms with Gasteiger partial charge in [0, 0.05) is 36.1 Å². The van der Waals surface area contributed by atoms with Gasteiger partial charge in [-0.25, -0.2) is 4.79 Å². The van der Waals surface area contributed by atoms with Gasteiger partial charge in [0.2, 0.25) is 5.88 Å². The van der Waals surface area contributed by atoms with E-state index in [1.54, 1.807) is 6.92 Å². The molecule has 2 heterocycles. The van der Waals surface area contributed by atoms with Crippen molar-refractivity contribution in [3.63, 3.8) is 0 Å². The molecule has 6 heteroatoms. The van der Waals surface area contributed by atoms with Crippen molar-refractivity contribution in [1.29, 1.82) is 0 Å². The summed E-state index contributed by atoms with van der Waals surface area (Å²) >= 11 is 0. The van der Waals surface area contributed by atoms with Crippen LogP contribution in [-0.4, -0.2) is 48.9 Å². The minimum Gasteiger partial charge on any atom is -0.434 e. The SMILES string of the molecule is CCOC(=O)Oc1[nH]c2ccccc2c1CN1CCOCC1. The van der Waals surface area contributed by atoms with Gasteiger partial charge in [0.1, 0.15) is 0 Å². The maximum Gasteiger partial charge on any atom is 0.515 e. The minimum absolute atomic E-state index is 0.290. The van der Waals surface area contributed by atoms with E-state index < -0.39 is 6.16 Å². The number of benzene rings is 1. The van der Waals surface area contributed by atoms with Crippen LogP contribution in [0.3, 0.4) is 0 Å². The number of H-pyrrole nitrogens is 1. The first-order valence-electron chi connectivity index (χ1n) is 7.52. The lowest BCUT2D eigenvalue weighted by atomic mass is 10.1. The normalized spacial score (nSPS) is 15.9. The average molecular weight is 304 g/mol. The number of fused-ring (bicyclic) bond motifs is 1. The van der Waals surface area contributed by atoms with Crippen molar-refractivity contribution in [1.82, 2.24) is 9.88 Å². The van der Waals surface area contributed by atoms with Gasteiger partial charge in [-0.3, -0.25) is 4.90 Å². The highest BCUT2D eigenvalue weighted by molar-refractivity contribution is 5.86. The van der Waals surface area contributed by atoms with Crippen LogP contribution < -0.4 is 4.74 Å². The molecule has 0 unspecified atom stereocenters. The largest absolute Gasteiger partial charge is 0.515 e. The molecule has 22 heavy (non-hydrogen) atoms. The number of carbonyl (C=O) groups is 1. The lowest BCUT2D eigenvalue weighted by Gasteiger charge is -2.26. The maximum absolute atomic E-state index is 11.6. The maximum atomic E-state index is 11.6. The number of morpholine rings is 1. The number of hydrogen-bond acceptors (Lipinski definition) is 5. The van der Waals surface area contributed by atoms with Crippen LogP contribution >= 0.6 is 0 Å². The van der Waals surface area contributed by atoms with Gasteiger partial charge in [-0.2, -0.15) is 0 Å². The number of para-hydroxylation sites is 1. The molecule has 1 fully saturated rings. The van der Waals surface area contributed by atoms with Crippen LogP contribution in [0.5, 0.6) is 5.88 Å². The van der Waals surface area contributed by atoms with E-state index in [-0.39, 0.29) is 6.61 Å². The van der Waals surface area contributed by atoms with Crippen molar-refractivity contribution in [2.75, 3.05) is 32.9 Å². The first kappa shape index (κ1) is 14.9. The van der Waals surface area contributed by atoms with Gasteiger partial charge in [0.05, 0.1) is 19.8 Å². The zero-order valence-electron chi connectivity index (χ0n) is 12.6. The Morgan fingerprint density at radius 1 is 1.32 bits per heavy atom. The van der Waals surface area contributed by atoms with Gasteiger partial charge in [-0.15, -0.1) is 0 Å². The molecule has 1 N–H and O–H groups in total. The lowest BCUT2D eigenvalue weighted by molar-refractivity contribution is 0.0338. The molecular weight excluding hydrogens is 284 g/mol. The molecule has 1 aromatic carbocycles. The van der Waals surface area contributed by atoms with Crippen molar-refractivity contribution in [3.05, 3.63) is 29.8 Å². The summed E-state index contributed by atoms with van der Waals surface area (Å²) in [5, 5.41) is 1.06. The van der Waals surface area contributed by atoms with Crippen LogP contribution in [0.15, 0.2) is 24.3 Å². The predicted molar refractivity (Wildman–Crippen MR) is 82.0 cm³/mol. The summed E-state index contributed by atoms with van der Waals surface area (Å²) in [7, 11) is 0. The second-order valence-corrected chi connectivity index (χ2v) is 5.15. The zero-order chi connectivity index (χ0) is 15.4. The molecule has 1 aliphatic rings. The standard InChI is InChI=1S/C16H20N2O4/c1-2-21-16(19)22-15-13(11-18-7-9-20-10-8-18)12-5-3-4-6-14(12)17-15/h3-6,17H,2,7-11H2,1H3. The third-order valence-corrected chi connectivity index (χ3v) is 3.71. The third-order valence-electron chi connectivity index (χ3n) is 3.71. The fraction of sp³-hybridized carbons (Fsp3) is 0.438. The zero-order valence-corrected chi connectivity index (χ0v) is 12.6. The third kappa shape index (κ3) is 3.23. The number of hydrogen-bond donors (Lipinski definition) is 1. The Kier molecular flexibility index (Phi) is 4.60. The van der Waals surface area contributed by atoms with Crippen LogP contribution in [0.1, 0.15) is 12.5 Å². The molecule has 2 aromatic rings. The van der Waals surface area contributed by atoms with E-state index in [2.05, 4.69) is 9.88 Å². The number of aromatic nitrogens is 1. The number of aromatic amines is 1. The summed E-state index contributed by atoms with van der Waals surface area (Å²) in [4.78, 5) is 17.1. The predicted octanol–water partition coefficient (Wildman–Crippen LogP) is 2.54. The molecule has 1 aliphatic heterocycles. The topological polar surface area (TPSA) is 63.8 Å². The summed E-state index contributed by atoms with van der Waals surface area (Å²) in [6.45, 7) is 5.96. The Morgan fingerprint density at radius 2 is 2.09 bits per heavy atom. The molecule has 1 aromatic heterocycles. The first-order valence-corrected chi connectivity index (χ1v) is 7.52. The van der Waals surface area contributed by atoms with Crippen LogP contribution in [0, 0.1) is 0 Å². The highest BCUT2D eigenvalue weighted by Gasteiger charge is 2.20. The van der Waals surface area contributed by atoms with Gasteiger partial charge < -0.3 is 19.2 Å². The second kappa shape index (κ2) is 6.81. The highest BCUT2D eigenvalue weighted by atomic mass is 16.7. The molecule has 0 amide bonds. The second-order valence-electron chi connectivity index (χ2n) is 5.15. The van der Waals surface area contributed by atoms with Crippen molar-refractivity contribution in [2.45, 2.75) is 13.5 Å². The Balaban J connectivity index is 1.88. The molecule has 0 saturated carbocycles. The lowest BCUT2D eigenvalue weighted by Crippen LogP contribution is -2.35. The summed E-state index contributed by atoms with van der Waals surface area (Å²) in [5.74, 6) is 0.464. The summed E-state index contributed by atoms with van der Waals surface area (Å²) in [5.41, 5.74) is 1.93. The van der Waals surface area contributed by atoms with Crippen molar-refractivity contribution in [2.24, 2.45) is 0 Å². The van der Waals surface area contributed by atoms with Gasteiger partial charge in [-0.1, -0.05) is 18.2 Å². The molecule has 0 bridgehead atoms. The molecular formula is C16H20N2O4. The quantitative estimate of drug-likeness (QED) is 0.879. The number of rotatable bonds is 4. The van der Waals surface area contributed by atoms with Crippen LogP contribution in [0.4, 0.5) is 4.79 Å². The van der Waals surface area contributed by atoms with E-state index in [1.807, 2.05) is 24.3 Å². The molecule has 0 radical (unpaired) electrons. The Hall–Kier alpha value is -2.05. The number of nitrogens with one attached hydrogen (secondary N) is 1. The Morgan fingerprint density at radius 3 is 2.86 bits per heavy atom. The van der Waals surface area contributed by atoms with Gasteiger partial charge >= 0.3 is 6.16 Å². The van der Waals surface area contributed by atoms with Crippen LogP contribution in [0.25, 0.3) is 10.9 Å². The van der Waals surface area contributed by atoms with E-state index in [0.717, 1.165) is 42.8 Å². The fourth-order valence-electron chi connectivity index (χ4n) is 2.63. The number of nitrogens with zero attached hydrogens (tertiary/aromatic N) is 1. The van der Waals surface area contributed by atoms with E-state index in [4.69, 9.17) is 14.2 Å². The summed E-state index contributed by atoms with van der Waals surface area (Å²) in [6, 6.07) is 7.93. The van der Waals surface area contributed by atoms with Crippen LogP contribution in [0.2, 0.25) is 0 Å². The molecule has 0 spiro atoms. The smallest absolute Gasteiger partial charge is 0.434 e.